The van der Waals surface area contributed by atoms with Crippen LogP contribution in [-0.2, 0) is 0 Å². The van der Waals surface area contributed by atoms with Crippen LogP contribution in [0.15, 0.2) is 0 Å². The topological polar surface area (TPSA) is 66.6 Å². The molecule has 0 aliphatic carbocycles. The molecular formula is C6H12N2O2. The molecule has 4 nitrogen and oxygen atoms in total. The fourth-order valence-corrected chi connectivity index (χ4v) is 1.32. The van der Waals surface area contributed by atoms with E-state index in [1.165, 1.54) is 4.90 Å². The maximum absolute atomic E-state index is 10.6. The number of hydrogen-bond acceptors (Lipinski definition) is 2. The SMILES string of the molecule is NC(=O)N1CCC[C@H]1CO. The smallest absolute Gasteiger partial charge is 0.315 e. The third kappa shape index (κ3) is 1.21. The monoisotopic (exact) mass is 144 g/mol. The highest BCUT2D eigenvalue weighted by Gasteiger charge is 2.25. The number of nitrogens with zero attached hydrogens (tertiary/aromatic N) is 1. The Hall–Kier alpha value is -0.770. The van der Waals surface area contributed by atoms with Crippen LogP contribution < -0.4 is 5.73 Å². The first-order chi connectivity index (χ1) is 4.75. The van der Waals surface area contributed by atoms with Crippen molar-refractivity contribution in [2.75, 3.05) is 13.2 Å². The molecule has 4 heteroatoms. The highest BCUT2D eigenvalue weighted by atomic mass is 16.3. The molecule has 10 heavy (non-hydrogen) atoms. The number of amides is 2. The van der Waals surface area contributed by atoms with Crippen molar-refractivity contribution in [2.45, 2.75) is 18.9 Å². The Balaban J connectivity index is 2.50. The Morgan fingerprint density at radius 3 is 2.90 bits per heavy atom. The molecule has 0 unspecified atom stereocenters. The summed E-state index contributed by atoms with van der Waals surface area (Å²) < 4.78 is 0. The number of aliphatic hydroxyl groups is 1. The van der Waals surface area contributed by atoms with Crippen LogP contribution in [0.25, 0.3) is 0 Å². The molecule has 1 rings (SSSR count). The lowest BCUT2D eigenvalue weighted by atomic mass is 10.2. The van der Waals surface area contributed by atoms with Gasteiger partial charge in [0, 0.05) is 6.54 Å². The van der Waals surface area contributed by atoms with Gasteiger partial charge in [-0.2, -0.15) is 0 Å². The first-order valence-electron chi connectivity index (χ1n) is 3.42. The molecule has 0 aromatic rings. The zero-order valence-electron chi connectivity index (χ0n) is 5.79. The number of nitrogens with two attached hydrogens (primary N) is 1. The zero-order valence-corrected chi connectivity index (χ0v) is 5.79. The van der Waals surface area contributed by atoms with Crippen molar-refractivity contribution in [3.05, 3.63) is 0 Å². The Labute approximate surface area is 59.6 Å². The fraction of sp³-hybridized carbons (Fsp3) is 0.833. The molecular weight excluding hydrogens is 132 g/mol. The molecule has 0 saturated carbocycles. The van der Waals surface area contributed by atoms with Gasteiger partial charge in [0.2, 0.25) is 0 Å². The lowest BCUT2D eigenvalue weighted by Gasteiger charge is -2.19. The number of hydrogen-bond donors (Lipinski definition) is 2. The van der Waals surface area contributed by atoms with Crippen LogP contribution in [0.2, 0.25) is 0 Å². The third-order valence-corrected chi connectivity index (χ3v) is 1.87. The van der Waals surface area contributed by atoms with Crippen LogP contribution in [0.5, 0.6) is 0 Å². The van der Waals surface area contributed by atoms with E-state index < -0.39 is 6.03 Å². The van der Waals surface area contributed by atoms with Gasteiger partial charge >= 0.3 is 6.03 Å². The van der Waals surface area contributed by atoms with E-state index in [1.54, 1.807) is 0 Å². The normalized spacial score (nSPS) is 25.3. The maximum atomic E-state index is 10.6. The summed E-state index contributed by atoms with van der Waals surface area (Å²) in [6.07, 6.45) is 1.83. The highest BCUT2D eigenvalue weighted by molar-refractivity contribution is 5.72. The van der Waals surface area contributed by atoms with E-state index in [4.69, 9.17) is 10.8 Å². The summed E-state index contributed by atoms with van der Waals surface area (Å²) in [5, 5.41) is 8.74. The summed E-state index contributed by atoms with van der Waals surface area (Å²) in [6, 6.07) is -0.450. The summed E-state index contributed by atoms with van der Waals surface area (Å²) in [7, 11) is 0. The van der Waals surface area contributed by atoms with Crippen molar-refractivity contribution in [1.82, 2.24) is 4.90 Å². The van der Waals surface area contributed by atoms with Gasteiger partial charge < -0.3 is 15.7 Å². The second kappa shape index (κ2) is 2.88. The Morgan fingerprint density at radius 2 is 2.50 bits per heavy atom. The number of rotatable bonds is 1. The molecule has 0 aromatic carbocycles. The first-order valence-corrected chi connectivity index (χ1v) is 3.42. The van der Waals surface area contributed by atoms with E-state index in [1.807, 2.05) is 0 Å². The van der Waals surface area contributed by atoms with Crippen LogP contribution in [-0.4, -0.2) is 35.2 Å². The lowest BCUT2D eigenvalue weighted by Crippen LogP contribution is -2.41. The Bertz CT molecular complexity index is 138. The van der Waals surface area contributed by atoms with Crippen LogP contribution in [0.3, 0.4) is 0 Å². The summed E-state index contributed by atoms with van der Waals surface area (Å²) in [6.45, 7) is 0.726. The molecule has 0 radical (unpaired) electrons. The molecule has 0 aromatic heterocycles. The summed E-state index contributed by atoms with van der Waals surface area (Å²) >= 11 is 0. The fourth-order valence-electron chi connectivity index (χ4n) is 1.32. The second-order valence-corrected chi connectivity index (χ2v) is 2.51. The van der Waals surface area contributed by atoms with Crippen LogP contribution >= 0.6 is 0 Å². The van der Waals surface area contributed by atoms with Gasteiger partial charge in [-0.1, -0.05) is 0 Å². The van der Waals surface area contributed by atoms with Gasteiger partial charge in [-0.25, -0.2) is 4.79 Å². The second-order valence-electron chi connectivity index (χ2n) is 2.51. The molecule has 1 saturated heterocycles. The van der Waals surface area contributed by atoms with Gasteiger partial charge in [-0.3, -0.25) is 0 Å². The number of urea groups is 1. The Morgan fingerprint density at radius 1 is 1.80 bits per heavy atom. The van der Waals surface area contributed by atoms with Crippen molar-refractivity contribution in [1.29, 1.82) is 0 Å². The van der Waals surface area contributed by atoms with Crippen LogP contribution in [0, 0.1) is 0 Å². The number of primary amides is 1. The average Bonchev–Trinajstić information content (AvgIpc) is 2.33. The predicted molar refractivity (Wildman–Crippen MR) is 36.4 cm³/mol. The molecule has 1 atom stereocenters. The van der Waals surface area contributed by atoms with E-state index >= 15 is 0 Å². The molecule has 58 valence electrons. The molecule has 2 amide bonds. The van der Waals surface area contributed by atoms with Gasteiger partial charge in [-0.05, 0) is 12.8 Å². The summed E-state index contributed by atoms with van der Waals surface area (Å²) in [5.41, 5.74) is 5.04. The lowest BCUT2D eigenvalue weighted by molar-refractivity contribution is 0.163. The van der Waals surface area contributed by atoms with Gasteiger partial charge in [0.05, 0.1) is 12.6 Å². The average molecular weight is 144 g/mol. The van der Waals surface area contributed by atoms with E-state index in [0.29, 0.717) is 6.54 Å². The van der Waals surface area contributed by atoms with Crippen LogP contribution in [0.1, 0.15) is 12.8 Å². The maximum Gasteiger partial charge on any atom is 0.315 e. The van der Waals surface area contributed by atoms with Crippen molar-refractivity contribution in [3.63, 3.8) is 0 Å². The summed E-state index contributed by atoms with van der Waals surface area (Å²) in [4.78, 5) is 12.1. The van der Waals surface area contributed by atoms with Gasteiger partial charge in [0.25, 0.3) is 0 Å². The number of carbonyl (C=O) groups is 1. The zero-order chi connectivity index (χ0) is 7.56. The van der Waals surface area contributed by atoms with E-state index in [0.717, 1.165) is 12.8 Å². The number of likely N-dealkylation sites (tertiary alicyclic amines) is 1. The van der Waals surface area contributed by atoms with Gasteiger partial charge in [0.1, 0.15) is 0 Å². The van der Waals surface area contributed by atoms with E-state index in [-0.39, 0.29) is 12.6 Å². The Kier molecular flexibility index (Phi) is 2.11. The number of aliphatic hydroxyl groups excluding tert-OH is 1. The van der Waals surface area contributed by atoms with E-state index in [9.17, 15) is 4.79 Å². The molecule has 1 heterocycles. The van der Waals surface area contributed by atoms with Gasteiger partial charge in [-0.15, -0.1) is 0 Å². The minimum Gasteiger partial charge on any atom is -0.394 e. The van der Waals surface area contributed by atoms with Crippen molar-refractivity contribution in [2.24, 2.45) is 5.73 Å². The molecule has 3 N–H and O–H groups in total. The molecule has 0 bridgehead atoms. The standard InChI is InChI=1S/C6H12N2O2/c7-6(10)8-3-1-2-5(8)4-9/h5,9H,1-4H2,(H2,7,10)/t5-/m0/s1. The molecule has 1 fully saturated rings. The van der Waals surface area contributed by atoms with Crippen molar-refractivity contribution < 1.29 is 9.90 Å². The minimum absolute atomic E-state index is 0.0301. The largest absolute Gasteiger partial charge is 0.394 e. The quantitative estimate of drug-likeness (QED) is 0.522. The molecule has 0 spiro atoms. The van der Waals surface area contributed by atoms with Crippen molar-refractivity contribution in [3.8, 4) is 0 Å². The molecule has 1 aliphatic heterocycles. The number of carbonyl (C=O) groups excluding carboxylic acids is 1. The van der Waals surface area contributed by atoms with Gasteiger partial charge in [0.15, 0.2) is 0 Å². The third-order valence-electron chi connectivity index (χ3n) is 1.87. The minimum atomic E-state index is -0.420. The first kappa shape index (κ1) is 7.34. The molecule has 1 aliphatic rings. The van der Waals surface area contributed by atoms with Crippen LogP contribution in [0.4, 0.5) is 4.79 Å². The van der Waals surface area contributed by atoms with Crippen molar-refractivity contribution >= 4 is 6.03 Å². The predicted octanol–water partition coefficient (Wildman–Crippen LogP) is -0.478. The summed E-state index contributed by atoms with van der Waals surface area (Å²) in [5.74, 6) is 0. The highest BCUT2D eigenvalue weighted by Crippen LogP contribution is 2.15. The van der Waals surface area contributed by atoms with E-state index in [2.05, 4.69) is 0 Å².